The predicted octanol–water partition coefficient (Wildman–Crippen LogP) is 3.59. The van der Waals surface area contributed by atoms with Crippen LogP contribution in [0.4, 0.5) is 24.7 Å². The zero-order valence-electron chi connectivity index (χ0n) is 10.4. The van der Waals surface area contributed by atoms with E-state index in [1.807, 2.05) is 0 Å². The molecule has 1 amide bonds. The second-order valence-corrected chi connectivity index (χ2v) is 4.49. The van der Waals surface area contributed by atoms with Gasteiger partial charge in [0.1, 0.15) is 5.82 Å². The summed E-state index contributed by atoms with van der Waals surface area (Å²) < 4.78 is 38.7. The Morgan fingerprint density at radius 1 is 1.24 bits per heavy atom. The smallest absolute Gasteiger partial charge is 0.384 e. The molecule has 0 spiro atoms. The first-order valence-electron chi connectivity index (χ1n) is 5.67. The molecule has 0 aliphatic rings. The molecule has 4 nitrogen and oxygen atoms in total. The van der Waals surface area contributed by atoms with E-state index in [9.17, 15) is 18.0 Å². The van der Waals surface area contributed by atoms with Crippen molar-refractivity contribution in [3.8, 4) is 0 Å². The molecule has 0 atom stereocenters. The first-order chi connectivity index (χ1) is 9.79. The molecule has 8 heteroatoms. The lowest BCUT2D eigenvalue weighted by Crippen LogP contribution is -2.17. The highest BCUT2D eigenvalue weighted by Gasteiger charge is 2.34. The van der Waals surface area contributed by atoms with Crippen LogP contribution in [-0.2, 0) is 6.18 Å². The highest BCUT2D eigenvalue weighted by Crippen LogP contribution is 2.38. The topological polar surface area (TPSA) is 68.0 Å². The minimum absolute atomic E-state index is 0.0669. The molecule has 1 aromatic carbocycles. The van der Waals surface area contributed by atoms with Crippen molar-refractivity contribution in [2.75, 3.05) is 11.1 Å². The van der Waals surface area contributed by atoms with Crippen LogP contribution in [-0.4, -0.2) is 10.9 Å². The fourth-order valence-corrected chi connectivity index (χ4v) is 1.83. The van der Waals surface area contributed by atoms with Crippen molar-refractivity contribution < 1.29 is 18.0 Å². The second kappa shape index (κ2) is 5.61. The van der Waals surface area contributed by atoms with Gasteiger partial charge in [0.15, 0.2) is 0 Å². The number of hydrogen-bond donors (Lipinski definition) is 2. The summed E-state index contributed by atoms with van der Waals surface area (Å²) in [6, 6.07) is 5.97. The molecule has 0 aliphatic carbocycles. The van der Waals surface area contributed by atoms with Crippen LogP contribution >= 0.6 is 11.6 Å². The van der Waals surface area contributed by atoms with Gasteiger partial charge in [-0.15, -0.1) is 0 Å². The van der Waals surface area contributed by atoms with Crippen LogP contribution in [0, 0.1) is 0 Å². The zero-order valence-corrected chi connectivity index (χ0v) is 11.2. The molecule has 3 N–H and O–H groups in total. The van der Waals surface area contributed by atoms with Gasteiger partial charge in [0.25, 0.3) is 5.91 Å². The summed E-state index contributed by atoms with van der Waals surface area (Å²) in [5.41, 5.74) is 3.93. The number of nitrogen functional groups attached to an aromatic ring is 1. The Kier molecular flexibility index (Phi) is 4.04. The van der Waals surface area contributed by atoms with E-state index >= 15 is 0 Å². The van der Waals surface area contributed by atoms with E-state index in [4.69, 9.17) is 17.3 Å². The molecule has 0 aliphatic heterocycles. The number of benzene rings is 1. The lowest BCUT2D eigenvalue weighted by Gasteiger charge is -2.15. The van der Waals surface area contributed by atoms with Crippen molar-refractivity contribution in [2.24, 2.45) is 0 Å². The largest absolute Gasteiger partial charge is 0.418 e. The second-order valence-electron chi connectivity index (χ2n) is 4.09. The molecule has 0 fully saturated rings. The van der Waals surface area contributed by atoms with Gasteiger partial charge in [0, 0.05) is 6.20 Å². The van der Waals surface area contributed by atoms with Gasteiger partial charge in [-0.3, -0.25) is 4.79 Å². The van der Waals surface area contributed by atoms with E-state index < -0.39 is 23.3 Å². The van der Waals surface area contributed by atoms with E-state index in [2.05, 4.69) is 10.3 Å². The number of alkyl halides is 3. The summed E-state index contributed by atoms with van der Waals surface area (Å²) in [6.07, 6.45) is -3.47. The normalized spacial score (nSPS) is 11.2. The minimum atomic E-state index is -4.63. The summed E-state index contributed by atoms with van der Waals surface area (Å²) in [4.78, 5) is 15.6. The van der Waals surface area contributed by atoms with Crippen molar-refractivity contribution in [3.63, 3.8) is 0 Å². The van der Waals surface area contributed by atoms with Gasteiger partial charge in [0.2, 0.25) is 0 Å². The number of carbonyl (C=O) groups excluding carboxylic acids is 1. The number of aromatic nitrogens is 1. The fourth-order valence-electron chi connectivity index (χ4n) is 1.61. The molecule has 0 saturated heterocycles. The quantitative estimate of drug-likeness (QED) is 0.890. The molecule has 0 radical (unpaired) electrons. The molecular weight excluding hydrogens is 307 g/mol. The maximum atomic E-state index is 12.9. The molecular formula is C13H9ClF3N3O. The Balaban J connectivity index is 2.35. The first kappa shape index (κ1) is 15.1. The number of pyridine rings is 1. The summed E-state index contributed by atoms with van der Waals surface area (Å²) in [7, 11) is 0. The van der Waals surface area contributed by atoms with E-state index in [0.29, 0.717) is 0 Å². The molecule has 0 bridgehead atoms. The highest BCUT2D eigenvalue weighted by atomic mass is 35.5. The number of anilines is 2. The van der Waals surface area contributed by atoms with E-state index in [1.165, 1.54) is 18.2 Å². The Labute approximate surface area is 122 Å². The van der Waals surface area contributed by atoms with Crippen molar-refractivity contribution in [2.45, 2.75) is 6.18 Å². The maximum absolute atomic E-state index is 12.9. The Morgan fingerprint density at radius 2 is 1.95 bits per heavy atom. The van der Waals surface area contributed by atoms with Crippen LogP contribution in [0.1, 0.15) is 15.9 Å². The number of nitrogens with two attached hydrogens (primary N) is 1. The maximum Gasteiger partial charge on any atom is 0.418 e. The number of para-hydroxylation sites is 1. The van der Waals surface area contributed by atoms with E-state index in [0.717, 1.165) is 18.3 Å². The highest BCUT2D eigenvalue weighted by molar-refractivity contribution is 6.34. The summed E-state index contributed by atoms with van der Waals surface area (Å²) in [5.74, 6) is -0.568. The molecule has 2 rings (SSSR count). The minimum Gasteiger partial charge on any atom is -0.384 e. The number of amides is 1. The number of halogens is 4. The SMILES string of the molecule is Nc1ccc(C(=O)Nc2c(Cl)cccc2C(F)(F)F)cn1. The molecule has 0 saturated carbocycles. The van der Waals surface area contributed by atoms with Gasteiger partial charge in [0.05, 0.1) is 21.8 Å². The standard InChI is InChI=1S/C13H9ClF3N3O/c14-9-3-1-2-8(13(15,16)17)11(9)20-12(21)7-4-5-10(18)19-6-7/h1-6H,(H2,18,19)(H,20,21). The Morgan fingerprint density at radius 3 is 2.52 bits per heavy atom. The Hall–Kier alpha value is -2.28. The molecule has 2 aromatic rings. The average molecular weight is 316 g/mol. The number of nitrogens with one attached hydrogen (secondary N) is 1. The number of carbonyl (C=O) groups is 1. The van der Waals surface area contributed by atoms with Crippen molar-refractivity contribution in [1.29, 1.82) is 0 Å². The third kappa shape index (κ3) is 3.43. The van der Waals surface area contributed by atoms with Crippen molar-refractivity contribution in [3.05, 3.63) is 52.7 Å². The van der Waals surface area contributed by atoms with Crippen LogP contribution in [0.5, 0.6) is 0 Å². The molecule has 1 heterocycles. The number of rotatable bonds is 2. The van der Waals surface area contributed by atoms with Gasteiger partial charge < -0.3 is 11.1 Å². The monoisotopic (exact) mass is 315 g/mol. The van der Waals surface area contributed by atoms with Gasteiger partial charge >= 0.3 is 6.18 Å². The first-order valence-corrected chi connectivity index (χ1v) is 6.05. The van der Waals surface area contributed by atoms with Crippen LogP contribution in [0.15, 0.2) is 36.5 Å². The summed E-state index contributed by atoms with van der Waals surface area (Å²) in [6.45, 7) is 0. The zero-order chi connectivity index (χ0) is 15.6. The van der Waals surface area contributed by atoms with Gasteiger partial charge in [-0.25, -0.2) is 4.98 Å². The van der Waals surface area contributed by atoms with Crippen molar-refractivity contribution >= 4 is 29.0 Å². The number of nitrogens with zero attached hydrogens (tertiary/aromatic N) is 1. The third-order valence-corrected chi connectivity index (χ3v) is 2.92. The third-order valence-electron chi connectivity index (χ3n) is 2.61. The molecule has 21 heavy (non-hydrogen) atoms. The fraction of sp³-hybridized carbons (Fsp3) is 0.0769. The predicted molar refractivity (Wildman–Crippen MR) is 73.1 cm³/mol. The van der Waals surface area contributed by atoms with Crippen LogP contribution < -0.4 is 11.1 Å². The average Bonchev–Trinajstić information content (AvgIpc) is 2.40. The molecule has 0 unspecified atom stereocenters. The lowest BCUT2D eigenvalue weighted by molar-refractivity contribution is -0.136. The van der Waals surface area contributed by atoms with Gasteiger partial charge in [-0.2, -0.15) is 13.2 Å². The summed E-state index contributed by atoms with van der Waals surface area (Å²) >= 11 is 5.74. The molecule has 110 valence electrons. The van der Waals surface area contributed by atoms with E-state index in [1.54, 1.807) is 0 Å². The molecule has 1 aromatic heterocycles. The lowest BCUT2D eigenvalue weighted by atomic mass is 10.1. The van der Waals surface area contributed by atoms with Crippen LogP contribution in [0.2, 0.25) is 5.02 Å². The van der Waals surface area contributed by atoms with Crippen molar-refractivity contribution in [1.82, 2.24) is 4.98 Å². The van der Waals surface area contributed by atoms with E-state index in [-0.39, 0.29) is 16.4 Å². The van der Waals surface area contributed by atoms with Gasteiger partial charge in [-0.1, -0.05) is 17.7 Å². The van der Waals surface area contributed by atoms with Crippen LogP contribution in [0.3, 0.4) is 0 Å². The van der Waals surface area contributed by atoms with Crippen LogP contribution in [0.25, 0.3) is 0 Å². The number of hydrogen-bond acceptors (Lipinski definition) is 3. The Bertz CT molecular complexity index is 671. The summed E-state index contributed by atoms with van der Waals surface area (Å²) in [5, 5.41) is 1.94. The van der Waals surface area contributed by atoms with Gasteiger partial charge in [-0.05, 0) is 24.3 Å².